The van der Waals surface area contributed by atoms with Gasteiger partial charge in [0, 0.05) is 30.1 Å². The molecule has 0 aliphatic heterocycles. The molecule has 156 valence electrons. The Kier molecular flexibility index (Phi) is 9.20. The van der Waals surface area contributed by atoms with Crippen LogP contribution in [0.4, 0.5) is 0 Å². The number of carbonyl (C=O) groups excluding carboxylic acids is 1. The van der Waals surface area contributed by atoms with Gasteiger partial charge >= 0.3 is 0 Å². The van der Waals surface area contributed by atoms with E-state index < -0.39 is 18.2 Å². The number of allylic oxidation sites excluding steroid dienone is 5. The highest BCUT2D eigenvalue weighted by Crippen LogP contribution is 2.38. The smallest absolute Gasteiger partial charge is 0.217 e. The second-order valence-electron chi connectivity index (χ2n) is 8.51. The van der Waals surface area contributed by atoms with E-state index >= 15 is 0 Å². The summed E-state index contributed by atoms with van der Waals surface area (Å²) in [6.45, 7) is 11.0. The first-order valence-electron chi connectivity index (χ1n) is 10.2. The summed E-state index contributed by atoms with van der Waals surface area (Å²) in [7, 11) is 0. The van der Waals surface area contributed by atoms with Gasteiger partial charge in [-0.1, -0.05) is 55.7 Å². The van der Waals surface area contributed by atoms with Gasteiger partial charge in [0.15, 0.2) is 0 Å². The maximum Gasteiger partial charge on any atom is 0.217 e. The lowest BCUT2D eigenvalue weighted by Gasteiger charge is -2.32. The van der Waals surface area contributed by atoms with Crippen LogP contribution in [-0.2, 0) is 4.79 Å². The van der Waals surface area contributed by atoms with Crippen LogP contribution < -0.4 is 5.32 Å². The van der Waals surface area contributed by atoms with Crippen LogP contribution in [0.3, 0.4) is 0 Å². The van der Waals surface area contributed by atoms with Crippen molar-refractivity contribution in [2.24, 2.45) is 23.2 Å². The molecule has 0 unspecified atom stereocenters. The fraction of sp³-hybridized carbons (Fsp3) is 0.625. The average molecular weight is 388 g/mol. The minimum Gasteiger partial charge on any atom is -0.392 e. The number of hydrogen-bond donors (Lipinski definition) is 3. The van der Waals surface area contributed by atoms with Crippen LogP contribution in [-0.4, -0.2) is 34.4 Å². The highest BCUT2D eigenvalue weighted by molar-refractivity contribution is 5.73. The van der Waals surface area contributed by atoms with Crippen molar-refractivity contribution in [3.8, 4) is 12.3 Å². The summed E-state index contributed by atoms with van der Waals surface area (Å²) in [5.41, 5.74) is 0.935. The summed E-state index contributed by atoms with van der Waals surface area (Å²) in [5.74, 6) is 2.44. The van der Waals surface area contributed by atoms with Crippen LogP contribution in [0.1, 0.15) is 54.4 Å². The molecule has 0 saturated carbocycles. The van der Waals surface area contributed by atoms with Crippen molar-refractivity contribution in [2.75, 3.05) is 0 Å². The third kappa shape index (κ3) is 6.65. The van der Waals surface area contributed by atoms with Gasteiger partial charge in [0.25, 0.3) is 0 Å². The highest BCUT2D eigenvalue weighted by atomic mass is 16.3. The Morgan fingerprint density at radius 3 is 2.50 bits per heavy atom. The molecule has 0 bridgehead atoms. The monoisotopic (exact) mass is 387 g/mol. The molecule has 0 spiro atoms. The van der Waals surface area contributed by atoms with Crippen molar-refractivity contribution in [1.29, 1.82) is 0 Å². The van der Waals surface area contributed by atoms with Crippen molar-refractivity contribution in [3.05, 3.63) is 36.0 Å². The molecular formula is C24H37NO3. The summed E-state index contributed by atoms with van der Waals surface area (Å²) in [5, 5.41) is 23.7. The molecule has 0 heterocycles. The first-order chi connectivity index (χ1) is 13.0. The molecular weight excluding hydrogens is 350 g/mol. The third-order valence-electron chi connectivity index (χ3n) is 5.90. The van der Waals surface area contributed by atoms with Gasteiger partial charge in [-0.2, -0.15) is 0 Å². The van der Waals surface area contributed by atoms with Crippen LogP contribution in [0, 0.1) is 35.5 Å². The molecule has 0 radical (unpaired) electrons. The van der Waals surface area contributed by atoms with Gasteiger partial charge < -0.3 is 15.5 Å². The average Bonchev–Trinajstić information content (AvgIpc) is 2.65. The maximum atomic E-state index is 11.2. The summed E-state index contributed by atoms with van der Waals surface area (Å²) in [6.07, 6.45) is 16.7. The highest BCUT2D eigenvalue weighted by Gasteiger charge is 2.31. The minimum absolute atomic E-state index is 0.140. The quantitative estimate of drug-likeness (QED) is 0.338. The number of aliphatic hydroxyl groups excluding tert-OH is 2. The number of terminal acetylenes is 1. The number of nitrogens with one attached hydrogen (secondary N) is 1. The van der Waals surface area contributed by atoms with E-state index in [0.717, 1.165) is 18.4 Å². The first-order valence-corrected chi connectivity index (χ1v) is 10.2. The van der Waals surface area contributed by atoms with E-state index in [1.54, 1.807) is 13.8 Å². The second kappa shape index (κ2) is 10.6. The zero-order chi connectivity index (χ0) is 21.5. The molecule has 1 amide bonds. The lowest BCUT2D eigenvalue weighted by atomic mass is 9.71. The topological polar surface area (TPSA) is 69.6 Å². The van der Waals surface area contributed by atoms with Crippen molar-refractivity contribution in [3.63, 3.8) is 0 Å². The lowest BCUT2D eigenvalue weighted by molar-refractivity contribution is -0.121. The zero-order valence-electron chi connectivity index (χ0n) is 18.1. The Morgan fingerprint density at radius 2 is 1.93 bits per heavy atom. The summed E-state index contributed by atoms with van der Waals surface area (Å²) in [6, 6.07) is -0.417. The largest absolute Gasteiger partial charge is 0.392 e. The van der Waals surface area contributed by atoms with Gasteiger partial charge in [0.05, 0.1) is 18.2 Å². The fourth-order valence-corrected chi connectivity index (χ4v) is 3.71. The Labute approximate surface area is 170 Å². The van der Waals surface area contributed by atoms with Gasteiger partial charge in [-0.15, -0.1) is 6.42 Å². The number of rotatable bonds is 8. The molecule has 0 aromatic heterocycles. The van der Waals surface area contributed by atoms with E-state index in [0.29, 0.717) is 0 Å². The Balaban J connectivity index is 2.76. The molecule has 4 heteroatoms. The van der Waals surface area contributed by atoms with Crippen LogP contribution >= 0.6 is 0 Å². The molecule has 3 N–H and O–H groups in total. The minimum atomic E-state index is -0.824. The van der Waals surface area contributed by atoms with Crippen molar-refractivity contribution in [2.45, 2.75) is 72.6 Å². The lowest BCUT2D eigenvalue weighted by Crippen LogP contribution is -2.47. The van der Waals surface area contributed by atoms with Crippen LogP contribution in [0.5, 0.6) is 0 Å². The molecule has 0 saturated heterocycles. The normalized spacial score (nSPS) is 28.2. The standard InChI is InChI=1S/C24H37NO3/c1-8-24(7)14-10-9-11-21(24)15-16(2)12-13-17(3)22(27)18(4)23(28)19(5)25-20(6)26/h1,9,11-13,15,17-19,21-23,27-28H,10,14H2,2-7H3,(H,25,26)/t17-,18+,19-,21-,22-,23+,24-/m1/s1. The molecule has 4 nitrogen and oxygen atoms in total. The molecule has 7 atom stereocenters. The van der Waals surface area contributed by atoms with Crippen LogP contribution in [0.2, 0.25) is 0 Å². The van der Waals surface area contributed by atoms with Gasteiger partial charge in [-0.3, -0.25) is 4.79 Å². The van der Waals surface area contributed by atoms with Gasteiger partial charge in [0.2, 0.25) is 5.91 Å². The maximum absolute atomic E-state index is 11.2. The Morgan fingerprint density at radius 1 is 1.29 bits per heavy atom. The SMILES string of the molecule is C#C[C@]1(C)CCC=C[C@@H]1C=C(C)C=C[C@@H](C)[C@@H](O)[C@H](C)[C@H](O)[C@@H](C)NC(C)=O. The van der Waals surface area contributed by atoms with Crippen molar-refractivity contribution >= 4 is 5.91 Å². The van der Waals surface area contributed by atoms with E-state index in [4.69, 9.17) is 6.42 Å². The predicted octanol–water partition coefficient (Wildman–Crippen LogP) is 3.61. The number of carbonyl (C=O) groups is 1. The zero-order valence-corrected chi connectivity index (χ0v) is 18.1. The molecule has 0 fully saturated rings. The van der Waals surface area contributed by atoms with Gasteiger partial charge in [0.1, 0.15) is 0 Å². The van der Waals surface area contributed by atoms with E-state index in [1.807, 2.05) is 26.0 Å². The van der Waals surface area contributed by atoms with Gasteiger partial charge in [-0.05, 0) is 33.6 Å². The number of amides is 1. The molecule has 1 aliphatic carbocycles. The van der Waals surface area contributed by atoms with Crippen molar-refractivity contribution in [1.82, 2.24) is 5.32 Å². The molecule has 0 aromatic rings. The second-order valence-corrected chi connectivity index (χ2v) is 8.51. The Hall–Kier alpha value is -1.83. The molecule has 0 aromatic carbocycles. The van der Waals surface area contributed by atoms with E-state index in [9.17, 15) is 15.0 Å². The van der Waals surface area contributed by atoms with Crippen molar-refractivity contribution < 1.29 is 15.0 Å². The third-order valence-corrected chi connectivity index (χ3v) is 5.90. The van der Waals surface area contributed by atoms with Gasteiger partial charge in [-0.25, -0.2) is 0 Å². The number of aliphatic hydroxyl groups is 2. The predicted molar refractivity (Wildman–Crippen MR) is 115 cm³/mol. The van der Waals surface area contributed by atoms with E-state index in [2.05, 4.69) is 36.4 Å². The summed E-state index contributed by atoms with van der Waals surface area (Å²) in [4.78, 5) is 11.2. The molecule has 1 aliphatic rings. The molecule has 1 rings (SSSR count). The number of hydrogen-bond acceptors (Lipinski definition) is 3. The summed E-state index contributed by atoms with van der Waals surface area (Å²) < 4.78 is 0. The Bertz CT molecular complexity index is 657. The molecule has 28 heavy (non-hydrogen) atoms. The van der Waals surface area contributed by atoms with Crippen LogP contribution in [0.15, 0.2) is 36.0 Å². The summed E-state index contributed by atoms with van der Waals surface area (Å²) >= 11 is 0. The van der Waals surface area contributed by atoms with E-state index in [-0.39, 0.29) is 29.1 Å². The first kappa shape index (κ1) is 24.2. The van der Waals surface area contributed by atoms with Crippen LogP contribution in [0.25, 0.3) is 0 Å². The van der Waals surface area contributed by atoms with E-state index in [1.165, 1.54) is 6.92 Å². The fourth-order valence-electron chi connectivity index (χ4n) is 3.71.